The molecular weight excluding hydrogens is 459 g/mol. The zero-order valence-electron chi connectivity index (χ0n) is 15.3. The van der Waals surface area contributed by atoms with E-state index >= 15 is 0 Å². The highest BCUT2D eigenvalue weighted by atomic mass is 35.5. The summed E-state index contributed by atoms with van der Waals surface area (Å²) in [6.45, 7) is -2.47. The molecule has 0 saturated carbocycles. The minimum absolute atomic E-state index is 0.0272. The fraction of sp³-hybridized carbons (Fsp3) is 0.211. The number of aromatic nitrogens is 2. The van der Waals surface area contributed by atoms with Gasteiger partial charge in [-0.2, -0.15) is 8.78 Å². The first kappa shape index (κ1) is 22.3. The van der Waals surface area contributed by atoms with Gasteiger partial charge in [-0.1, -0.05) is 41.0 Å². The van der Waals surface area contributed by atoms with Crippen LogP contribution in [-0.4, -0.2) is 35.0 Å². The van der Waals surface area contributed by atoms with Crippen LogP contribution in [0.25, 0.3) is 11.5 Å². The molecule has 0 spiro atoms. The van der Waals surface area contributed by atoms with E-state index < -0.39 is 6.61 Å². The molecule has 6 nitrogen and oxygen atoms in total. The number of rotatable bonds is 9. The van der Waals surface area contributed by atoms with Crippen LogP contribution in [0.3, 0.4) is 0 Å². The Hall–Kier alpha value is -2.36. The number of nitrogens with one attached hydrogen (secondary N) is 1. The van der Waals surface area contributed by atoms with Gasteiger partial charge in [-0.3, -0.25) is 4.79 Å². The van der Waals surface area contributed by atoms with Crippen molar-refractivity contribution in [2.75, 3.05) is 12.3 Å². The van der Waals surface area contributed by atoms with E-state index in [9.17, 15) is 13.6 Å². The Morgan fingerprint density at radius 2 is 1.93 bits per heavy atom. The zero-order valence-corrected chi connectivity index (χ0v) is 17.6. The third kappa shape index (κ3) is 6.58. The van der Waals surface area contributed by atoms with Crippen LogP contribution in [0.2, 0.25) is 10.0 Å². The van der Waals surface area contributed by atoms with Crippen LogP contribution in [-0.2, 0) is 11.2 Å². The number of nitrogens with zero attached hydrogens (tertiary/aromatic N) is 2. The van der Waals surface area contributed by atoms with Crippen molar-refractivity contribution >= 4 is 40.9 Å². The number of alkyl halides is 2. The van der Waals surface area contributed by atoms with Crippen LogP contribution < -0.4 is 10.1 Å². The number of halogens is 4. The first-order valence-corrected chi connectivity index (χ1v) is 10.4. The normalized spacial score (nSPS) is 11.0. The lowest BCUT2D eigenvalue weighted by atomic mass is 10.1. The predicted molar refractivity (Wildman–Crippen MR) is 110 cm³/mol. The van der Waals surface area contributed by atoms with Crippen LogP contribution in [0.4, 0.5) is 8.78 Å². The first-order chi connectivity index (χ1) is 14.4. The molecule has 0 radical (unpaired) electrons. The fourth-order valence-corrected chi connectivity index (χ4v) is 3.50. The summed E-state index contributed by atoms with van der Waals surface area (Å²) in [6, 6.07) is 11.0. The van der Waals surface area contributed by atoms with E-state index in [1.807, 2.05) is 6.07 Å². The van der Waals surface area contributed by atoms with Crippen LogP contribution in [0.15, 0.2) is 52.1 Å². The second kappa shape index (κ2) is 10.6. The maximum Gasteiger partial charge on any atom is 0.387 e. The van der Waals surface area contributed by atoms with Crippen molar-refractivity contribution < 1.29 is 22.7 Å². The predicted octanol–water partition coefficient (Wildman–Crippen LogP) is 5.10. The molecule has 1 amide bonds. The standard InChI is InChI=1S/C19H15Cl2F2N3O3S/c20-13-4-1-11(15(21)9-13)7-8-24-16(27)10-30-19-26-25-17(29-19)12-2-5-14(6-3-12)28-18(22)23/h1-6,9,18H,7-8,10H2,(H,24,27). The van der Waals surface area contributed by atoms with Gasteiger partial charge >= 0.3 is 6.61 Å². The van der Waals surface area contributed by atoms with Gasteiger partial charge in [0.15, 0.2) is 0 Å². The second-order valence-corrected chi connectivity index (χ2v) is 7.67. The van der Waals surface area contributed by atoms with E-state index in [1.165, 1.54) is 24.3 Å². The van der Waals surface area contributed by atoms with Gasteiger partial charge in [-0.05, 0) is 48.4 Å². The minimum atomic E-state index is -2.89. The van der Waals surface area contributed by atoms with Gasteiger partial charge < -0.3 is 14.5 Å². The molecular formula is C19H15Cl2F2N3O3S. The Kier molecular flexibility index (Phi) is 7.89. The van der Waals surface area contributed by atoms with Crippen LogP contribution in [0, 0.1) is 0 Å². The van der Waals surface area contributed by atoms with Crippen molar-refractivity contribution in [2.24, 2.45) is 0 Å². The Balaban J connectivity index is 1.45. The molecule has 1 aromatic heterocycles. The van der Waals surface area contributed by atoms with E-state index in [0.29, 0.717) is 28.6 Å². The highest BCUT2D eigenvalue weighted by Crippen LogP contribution is 2.25. The number of hydrogen-bond acceptors (Lipinski definition) is 6. The summed E-state index contributed by atoms with van der Waals surface area (Å²) in [5.74, 6) is 0.133. The van der Waals surface area contributed by atoms with Gasteiger partial charge in [0.05, 0.1) is 5.75 Å². The van der Waals surface area contributed by atoms with Gasteiger partial charge in [0.1, 0.15) is 5.75 Å². The molecule has 0 atom stereocenters. The molecule has 0 bridgehead atoms. The molecule has 2 aromatic carbocycles. The molecule has 0 aliphatic heterocycles. The molecule has 3 aromatic rings. The van der Waals surface area contributed by atoms with E-state index in [0.717, 1.165) is 17.3 Å². The molecule has 0 aliphatic carbocycles. The Morgan fingerprint density at radius 1 is 1.17 bits per heavy atom. The third-order valence-corrected chi connectivity index (χ3v) is 5.20. The van der Waals surface area contributed by atoms with E-state index in [-0.39, 0.29) is 28.5 Å². The van der Waals surface area contributed by atoms with Crippen molar-refractivity contribution in [3.8, 4) is 17.2 Å². The van der Waals surface area contributed by atoms with Crippen molar-refractivity contribution in [3.05, 3.63) is 58.1 Å². The summed E-state index contributed by atoms with van der Waals surface area (Å²) in [7, 11) is 0. The third-order valence-electron chi connectivity index (χ3n) is 3.79. The summed E-state index contributed by atoms with van der Waals surface area (Å²) in [4.78, 5) is 12.0. The van der Waals surface area contributed by atoms with E-state index in [2.05, 4.69) is 20.3 Å². The lowest BCUT2D eigenvalue weighted by molar-refractivity contribution is -0.118. The quantitative estimate of drug-likeness (QED) is 0.435. The Labute approximate surface area is 184 Å². The summed E-state index contributed by atoms with van der Waals surface area (Å²) in [6.07, 6.45) is 0.572. The molecule has 3 rings (SSSR count). The highest BCUT2D eigenvalue weighted by Gasteiger charge is 2.12. The number of hydrogen-bond donors (Lipinski definition) is 1. The molecule has 0 fully saturated rings. The van der Waals surface area contributed by atoms with Gasteiger partial charge in [0, 0.05) is 22.2 Å². The number of thioether (sulfide) groups is 1. The Morgan fingerprint density at radius 3 is 2.63 bits per heavy atom. The minimum Gasteiger partial charge on any atom is -0.435 e. The lowest BCUT2D eigenvalue weighted by Crippen LogP contribution is -2.27. The van der Waals surface area contributed by atoms with Crippen molar-refractivity contribution in [1.82, 2.24) is 15.5 Å². The number of ether oxygens (including phenoxy) is 1. The summed E-state index contributed by atoms with van der Waals surface area (Å²) in [5, 5.41) is 11.9. The number of carbonyl (C=O) groups excluding carboxylic acids is 1. The average Bonchev–Trinajstić information content (AvgIpc) is 3.17. The van der Waals surface area contributed by atoms with Crippen LogP contribution in [0.5, 0.6) is 5.75 Å². The maximum absolute atomic E-state index is 12.2. The zero-order chi connectivity index (χ0) is 21.5. The summed E-state index contributed by atoms with van der Waals surface area (Å²) in [5.41, 5.74) is 1.43. The van der Waals surface area contributed by atoms with Crippen molar-refractivity contribution in [1.29, 1.82) is 0 Å². The SMILES string of the molecule is O=C(CSc1nnc(-c2ccc(OC(F)F)cc2)o1)NCCc1ccc(Cl)cc1Cl. The van der Waals surface area contributed by atoms with Gasteiger partial charge in [-0.15, -0.1) is 10.2 Å². The van der Waals surface area contributed by atoms with Gasteiger partial charge in [0.2, 0.25) is 11.8 Å². The smallest absolute Gasteiger partial charge is 0.387 e. The largest absolute Gasteiger partial charge is 0.435 e. The summed E-state index contributed by atoms with van der Waals surface area (Å²) >= 11 is 13.0. The molecule has 158 valence electrons. The second-order valence-electron chi connectivity index (χ2n) is 5.90. The topological polar surface area (TPSA) is 77.2 Å². The number of amides is 1. The Bertz CT molecular complexity index is 1000. The maximum atomic E-state index is 12.2. The molecule has 1 heterocycles. The molecule has 11 heteroatoms. The number of benzene rings is 2. The van der Waals surface area contributed by atoms with E-state index in [4.69, 9.17) is 27.6 Å². The van der Waals surface area contributed by atoms with Gasteiger partial charge in [-0.25, -0.2) is 0 Å². The highest BCUT2D eigenvalue weighted by molar-refractivity contribution is 7.99. The van der Waals surface area contributed by atoms with E-state index in [1.54, 1.807) is 12.1 Å². The van der Waals surface area contributed by atoms with Crippen molar-refractivity contribution in [2.45, 2.75) is 18.3 Å². The molecule has 1 N–H and O–H groups in total. The molecule has 0 aliphatic rings. The summed E-state index contributed by atoms with van der Waals surface area (Å²) < 4.78 is 34.1. The van der Waals surface area contributed by atoms with Crippen LogP contribution in [0.1, 0.15) is 5.56 Å². The van der Waals surface area contributed by atoms with Crippen molar-refractivity contribution in [3.63, 3.8) is 0 Å². The fourth-order valence-electron chi connectivity index (χ4n) is 2.40. The number of carbonyl (C=O) groups is 1. The molecule has 0 saturated heterocycles. The monoisotopic (exact) mass is 473 g/mol. The average molecular weight is 474 g/mol. The van der Waals surface area contributed by atoms with Crippen LogP contribution >= 0.6 is 35.0 Å². The lowest BCUT2D eigenvalue weighted by Gasteiger charge is -2.06. The molecule has 30 heavy (non-hydrogen) atoms. The first-order valence-electron chi connectivity index (χ1n) is 8.63. The molecule has 0 unspecified atom stereocenters. The van der Waals surface area contributed by atoms with Gasteiger partial charge in [0.25, 0.3) is 5.22 Å².